The van der Waals surface area contributed by atoms with Crippen molar-refractivity contribution in [3.8, 4) is 17.1 Å². The summed E-state index contributed by atoms with van der Waals surface area (Å²) in [5.74, 6) is 1.05. The number of aromatic nitrogens is 4. The quantitative estimate of drug-likeness (QED) is 0.558. The monoisotopic (exact) mass is 429 g/mol. The maximum atomic E-state index is 12.5. The average Bonchev–Trinajstić information content (AvgIpc) is 3.12. The molecule has 0 aliphatic heterocycles. The molecule has 0 saturated heterocycles. The van der Waals surface area contributed by atoms with E-state index >= 15 is 0 Å². The number of hydrogen-bond acceptors (Lipinski definition) is 5. The van der Waals surface area contributed by atoms with Crippen molar-refractivity contribution < 1.29 is 4.79 Å². The van der Waals surface area contributed by atoms with Crippen LogP contribution in [0.1, 0.15) is 26.3 Å². The van der Waals surface area contributed by atoms with Crippen LogP contribution in [0.3, 0.4) is 0 Å². The van der Waals surface area contributed by atoms with Gasteiger partial charge in [0, 0.05) is 29.5 Å². The SMILES string of the molecule is Cc1c(Cl)cccc1-n1c(SC(C)C(=O)NCC(C)C)nnc1-c1ccncc1. The summed E-state index contributed by atoms with van der Waals surface area (Å²) < 4.78 is 1.95. The molecule has 1 unspecified atom stereocenters. The Morgan fingerprint density at radius 1 is 1.17 bits per heavy atom. The average molecular weight is 430 g/mol. The topological polar surface area (TPSA) is 72.7 Å². The van der Waals surface area contributed by atoms with Crippen molar-refractivity contribution in [1.29, 1.82) is 0 Å². The number of thioether (sulfide) groups is 1. The maximum Gasteiger partial charge on any atom is 0.233 e. The number of amides is 1. The Balaban J connectivity index is 2.01. The number of halogens is 1. The molecule has 152 valence electrons. The first-order valence-electron chi connectivity index (χ1n) is 9.44. The van der Waals surface area contributed by atoms with E-state index in [2.05, 4.69) is 34.3 Å². The Hall–Kier alpha value is -2.38. The van der Waals surface area contributed by atoms with Crippen LogP contribution in [0.4, 0.5) is 0 Å². The summed E-state index contributed by atoms with van der Waals surface area (Å²) in [5.41, 5.74) is 2.69. The van der Waals surface area contributed by atoms with E-state index < -0.39 is 0 Å². The summed E-state index contributed by atoms with van der Waals surface area (Å²) in [7, 11) is 0. The third-order valence-corrected chi connectivity index (χ3v) is 5.84. The van der Waals surface area contributed by atoms with Gasteiger partial charge in [0.05, 0.1) is 10.9 Å². The molecule has 2 heterocycles. The molecule has 0 aliphatic carbocycles. The Bertz CT molecular complexity index is 990. The van der Waals surface area contributed by atoms with Gasteiger partial charge in [0.25, 0.3) is 0 Å². The molecule has 2 aromatic heterocycles. The van der Waals surface area contributed by atoms with Crippen molar-refractivity contribution in [2.45, 2.75) is 38.1 Å². The van der Waals surface area contributed by atoms with Crippen LogP contribution in [0.25, 0.3) is 17.1 Å². The Morgan fingerprint density at radius 3 is 2.59 bits per heavy atom. The Kier molecular flexibility index (Phi) is 6.92. The summed E-state index contributed by atoms with van der Waals surface area (Å²) in [4.78, 5) is 16.6. The van der Waals surface area contributed by atoms with E-state index in [1.54, 1.807) is 12.4 Å². The molecule has 0 saturated carbocycles. The summed E-state index contributed by atoms with van der Waals surface area (Å²) in [6.07, 6.45) is 3.43. The number of nitrogens with one attached hydrogen (secondary N) is 1. The van der Waals surface area contributed by atoms with E-state index in [-0.39, 0.29) is 11.2 Å². The van der Waals surface area contributed by atoms with E-state index in [1.807, 2.05) is 48.7 Å². The summed E-state index contributed by atoms with van der Waals surface area (Å²) >= 11 is 7.75. The molecule has 1 aromatic carbocycles. The van der Waals surface area contributed by atoms with Crippen molar-refractivity contribution in [2.24, 2.45) is 5.92 Å². The van der Waals surface area contributed by atoms with Gasteiger partial charge in [0.15, 0.2) is 11.0 Å². The van der Waals surface area contributed by atoms with Crippen LogP contribution in [0, 0.1) is 12.8 Å². The summed E-state index contributed by atoms with van der Waals surface area (Å²) in [5, 5.41) is 12.8. The van der Waals surface area contributed by atoms with Gasteiger partial charge in [0.1, 0.15) is 0 Å². The van der Waals surface area contributed by atoms with E-state index in [1.165, 1.54) is 11.8 Å². The highest BCUT2D eigenvalue weighted by Gasteiger charge is 2.23. The normalized spacial score (nSPS) is 12.2. The molecule has 1 N–H and O–H groups in total. The van der Waals surface area contributed by atoms with Crippen molar-refractivity contribution >= 4 is 29.3 Å². The third-order valence-electron chi connectivity index (χ3n) is 4.39. The molecule has 3 aromatic rings. The lowest BCUT2D eigenvalue weighted by Crippen LogP contribution is -2.33. The van der Waals surface area contributed by atoms with Crippen molar-refractivity contribution in [3.05, 3.63) is 53.3 Å². The minimum atomic E-state index is -0.318. The van der Waals surface area contributed by atoms with Crippen molar-refractivity contribution in [3.63, 3.8) is 0 Å². The molecule has 0 aliphatic rings. The molecule has 1 amide bonds. The highest BCUT2D eigenvalue weighted by Crippen LogP contribution is 2.33. The van der Waals surface area contributed by atoms with Gasteiger partial charge in [-0.2, -0.15) is 0 Å². The van der Waals surface area contributed by atoms with E-state index in [9.17, 15) is 4.79 Å². The minimum absolute atomic E-state index is 0.0217. The zero-order valence-corrected chi connectivity index (χ0v) is 18.5. The van der Waals surface area contributed by atoms with Crippen LogP contribution in [0.5, 0.6) is 0 Å². The second-order valence-electron chi connectivity index (χ2n) is 7.16. The summed E-state index contributed by atoms with van der Waals surface area (Å²) in [6.45, 7) is 8.61. The van der Waals surface area contributed by atoms with Gasteiger partial charge in [-0.05, 0) is 49.6 Å². The van der Waals surface area contributed by atoms with Gasteiger partial charge in [-0.3, -0.25) is 14.3 Å². The smallest absolute Gasteiger partial charge is 0.233 e. The second kappa shape index (κ2) is 9.41. The fourth-order valence-corrected chi connectivity index (χ4v) is 3.80. The molecule has 0 fully saturated rings. The molecule has 29 heavy (non-hydrogen) atoms. The van der Waals surface area contributed by atoms with E-state index in [0.29, 0.717) is 28.5 Å². The highest BCUT2D eigenvalue weighted by molar-refractivity contribution is 8.00. The number of pyridine rings is 1. The fraction of sp³-hybridized carbons (Fsp3) is 0.333. The zero-order valence-electron chi connectivity index (χ0n) is 16.9. The molecular formula is C21H24ClN5OS. The number of benzene rings is 1. The first-order chi connectivity index (χ1) is 13.9. The summed E-state index contributed by atoms with van der Waals surface area (Å²) in [6, 6.07) is 9.49. The second-order valence-corrected chi connectivity index (χ2v) is 8.88. The lowest BCUT2D eigenvalue weighted by molar-refractivity contribution is -0.120. The lowest BCUT2D eigenvalue weighted by Gasteiger charge is -2.16. The Labute approximate surface area is 180 Å². The van der Waals surface area contributed by atoms with Gasteiger partial charge in [0.2, 0.25) is 5.91 Å². The number of nitrogens with zero attached hydrogens (tertiary/aromatic N) is 4. The number of carbonyl (C=O) groups is 1. The van der Waals surface area contributed by atoms with Crippen molar-refractivity contribution in [1.82, 2.24) is 25.1 Å². The Morgan fingerprint density at radius 2 is 1.90 bits per heavy atom. The van der Waals surface area contributed by atoms with Gasteiger partial charge >= 0.3 is 0 Å². The molecule has 0 bridgehead atoms. The molecule has 0 spiro atoms. The van der Waals surface area contributed by atoms with Crippen LogP contribution < -0.4 is 5.32 Å². The van der Waals surface area contributed by atoms with Crippen LogP contribution in [0.2, 0.25) is 5.02 Å². The predicted molar refractivity (Wildman–Crippen MR) is 118 cm³/mol. The highest BCUT2D eigenvalue weighted by atomic mass is 35.5. The molecule has 1 atom stereocenters. The van der Waals surface area contributed by atoms with Gasteiger partial charge in [-0.1, -0.05) is 43.3 Å². The molecule has 3 rings (SSSR count). The first-order valence-corrected chi connectivity index (χ1v) is 10.7. The van der Waals surface area contributed by atoms with Crippen LogP contribution in [-0.2, 0) is 4.79 Å². The van der Waals surface area contributed by atoms with Gasteiger partial charge < -0.3 is 5.32 Å². The number of rotatable bonds is 7. The standard InChI is InChI=1S/C21H24ClN5OS/c1-13(2)12-24-20(28)15(4)29-21-26-25-19(16-8-10-23-11-9-16)27(21)18-7-5-6-17(22)14(18)3/h5-11,13,15H,12H2,1-4H3,(H,24,28). The van der Waals surface area contributed by atoms with Crippen molar-refractivity contribution in [2.75, 3.05) is 6.54 Å². The number of hydrogen-bond donors (Lipinski definition) is 1. The zero-order chi connectivity index (χ0) is 21.0. The number of carbonyl (C=O) groups excluding carboxylic acids is 1. The molecular weight excluding hydrogens is 406 g/mol. The van der Waals surface area contributed by atoms with Crippen LogP contribution in [0.15, 0.2) is 47.9 Å². The fourth-order valence-electron chi connectivity index (χ4n) is 2.75. The molecule has 8 heteroatoms. The van der Waals surface area contributed by atoms with E-state index in [0.717, 1.165) is 16.8 Å². The lowest BCUT2D eigenvalue weighted by atomic mass is 10.2. The predicted octanol–water partition coefficient (Wildman–Crippen LogP) is 4.54. The maximum absolute atomic E-state index is 12.5. The molecule has 6 nitrogen and oxygen atoms in total. The molecule has 0 radical (unpaired) electrons. The van der Waals surface area contributed by atoms with Crippen LogP contribution in [-0.4, -0.2) is 37.5 Å². The third kappa shape index (κ3) is 4.97. The van der Waals surface area contributed by atoms with Gasteiger partial charge in [-0.15, -0.1) is 10.2 Å². The van der Waals surface area contributed by atoms with Gasteiger partial charge in [-0.25, -0.2) is 0 Å². The van der Waals surface area contributed by atoms with Crippen LogP contribution >= 0.6 is 23.4 Å². The largest absolute Gasteiger partial charge is 0.355 e. The minimum Gasteiger partial charge on any atom is -0.355 e. The van der Waals surface area contributed by atoms with E-state index in [4.69, 9.17) is 11.6 Å². The first kappa shape index (κ1) is 21.3.